The number of hydrogen-bond acceptors (Lipinski definition) is 2. The first kappa shape index (κ1) is 63.6. The molecule has 476 valence electrons. The van der Waals surface area contributed by atoms with E-state index in [1.807, 2.05) is 6.07 Å². The molecule has 0 bridgehead atoms. The van der Waals surface area contributed by atoms with Gasteiger partial charge in [-0.2, -0.15) is 0 Å². The van der Waals surface area contributed by atoms with Gasteiger partial charge in [0.05, 0.1) is 0 Å². The van der Waals surface area contributed by atoms with Gasteiger partial charge in [0.15, 0.2) is 0 Å². The zero-order chi connectivity index (χ0) is 66.3. The predicted octanol–water partition coefficient (Wildman–Crippen LogP) is 28.6. The van der Waals surface area contributed by atoms with Crippen molar-refractivity contribution in [3.8, 4) is 66.8 Å². The summed E-state index contributed by atoms with van der Waals surface area (Å²) in [6.07, 6.45) is 0. The first-order valence-corrected chi connectivity index (χ1v) is 34.5. The highest BCUT2D eigenvalue weighted by Gasteiger charge is 2.17. The summed E-state index contributed by atoms with van der Waals surface area (Å²) < 4.78 is 1.12. The molecular weight excluding hydrogens is 1270 g/mol. The Bertz CT molecular complexity index is 5830. The van der Waals surface area contributed by atoms with Gasteiger partial charge in [0, 0.05) is 32.9 Å². The summed E-state index contributed by atoms with van der Waals surface area (Å²) in [5.74, 6) is 0. The van der Waals surface area contributed by atoms with Gasteiger partial charge < -0.3 is 10.2 Å². The van der Waals surface area contributed by atoms with Gasteiger partial charge in [-0.3, -0.25) is 0 Å². The number of nitrogens with zero attached hydrogens (tertiary/aromatic N) is 1. The Balaban J connectivity index is 0.000000134. The molecule has 0 saturated heterocycles. The average Bonchev–Trinajstić information content (AvgIpc) is 0.775. The van der Waals surface area contributed by atoms with Crippen molar-refractivity contribution in [1.29, 1.82) is 0 Å². The smallest absolute Gasteiger partial charge is 0.0468 e. The van der Waals surface area contributed by atoms with Gasteiger partial charge in [-0.25, -0.2) is 0 Å². The summed E-state index contributed by atoms with van der Waals surface area (Å²) >= 11 is 3.58. The third-order valence-electron chi connectivity index (χ3n) is 18.8. The largest absolute Gasteiger partial charge is 0.356 e. The summed E-state index contributed by atoms with van der Waals surface area (Å²) in [6, 6.07) is 143. The molecule has 18 aromatic carbocycles. The Morgan fingerprint density at radius 3 is 0.910 bits per heavy atom. The molecule has 0 heterocycles. The Labute approximate surface area is 594 Å². The molecule has 1 N–H and O–H groups in total. The van der Waals surface area contributed by atoms with Gasteiger partial charge in [-0.15, -0.1) is 0 Å². The Morgan fingerprint density at radius 1 is 0.190 bits per heavy atom. The van der Waals surface area contributed by atoms with E-state index in [0.717, 1.165) is 32.9 Å². The van der Waals surface area contributed by atoms with E-state index >= 15 is 0 Å². The number of anilines is 5. The third-order valence-corrected chi connectivity index (χ3v) is 19.3. The lowest BCUT2D eigenvalue weighted by molar-refractivity contribution is 1.29. The lowest BCUT2D eigenvalue weighted by atomic mass is 9.96. The van der Waals surface area contributed by atoms with Crippen LogP contribution in [0.4, 0.5) is 28.4 Å². The minimum absolute atomic E-state index is 0. The van der Waals surface area contributed by atoms with Crippen LogP contribution < -0.4 is 10.2 Å². The van der Waals surface area contributed by atoms with Crippen LogP contribution in [0.25, 0.3) is 131 Å². The lowest BCUT2D eigenvalue weighted by Crippen LogP contribution is -2.10. The van der Waals surface area contributed by atoms with Crippen molar-refractivity contribution in [2.75, 3.05) is 10.2 Å². The minimum atomic E-state index is 0. The normalized spacial score (nSPS) is 11.0. The number of nitrogens with one attached hydrogen (secondary N) is 1. The van der Waals surface area contributed by atoms with Crippen LogP contribution in [0.3, 0.4) is 0 Å². The van der Waals surface area contributed by atoms with Crippen molar-refractivity contribution in [1.82, 2.24) is 0 Å². The molecule has 18 rings (SSSR count). The standard InChI is InChI=1S/C48H33N.C28H21N.C20H13Br.CH4/c1-3-10-34(11-4-1)36-22-27-42(28-23-36)49(43-29-24-38(25-30-43)46-17-9-15-37-14-7-8-16-45(37)46)44-31-26-40-19-18-39-20-21-41(32-47(39)48(40)33-44)35-12-5-2-6-13-35;1-2-7-21(8-3-1)22-13-17-25(18-14-22)29-26-19-15-24(16-20-26)28-12-6-10-23-9-4-5-11-27(23)28;21-18-11-10-16-7-6-15-8-9-17(12-19(15)20(16)13-18)14-4-2-1-3-5-14;/h1-33H;1-20,29H;1-13H;1H4. The Hall–Kier alpha value is -12.4. The molecule has 3 heteroatoms. The van der Waals surface area contributed by atoms with E-state index in [1.54, 1.807) is 0 Å². The van der Waals surface area contributed by atoms with Gasteiger partial charge in [0.25, 0.3) is 0 Å². The van der Waals surface area contributed by atoms with Crippen LogP contribution in [0.15, 0.2) is 405 Å². The van der Waals surface area contributed by atoms with Crippen molar-refractivity contribution in [3.63, 3.8) is 0 Å². The van der Waals surface area contributed by atoms with Crippen molar-refractivity contribution in [2.24, 2.45) is 0 Å². The van der Waals surface area contributed by atoms with Crippen molar-refractivity contribution in [2.45, 2.75) is 7.43 Å². The molecule has 0 aliphatic carbocycles. The number of rotatable bonds is 11. The maximum atomic E-state index is 3.58. The Morgan fingerprint density at radius 2 is 0.470 bits per heavy atom. The molecule has 18 aromatic rings. The fraction of sp³-hybridized carbons (Fsp3) is 0.0103. The maximum Gasteiger partial charge on any atom is 0.0468 e. The minimum Gasteiger partial charge on any atom is -0.356 e. The van der Waals surface area contributed by atoms with E-state index in [9.17, 15) is 0 Å². The highest BCUT2D eigenvalue weighted by atomic mass is 79.9. The van der Waals surface area contributed by atoms with E-state index < -0.39 is 0 Å². The Kier molecular flexibility index (Phi) is 18.5. The molecule has 0 saturated carbocycles. The molecule has 0 fully saturated rings. The molecule has 0 amide bonds. The molecular formula is C97H71BrN2. The lowest BCUT2D eigenvalue weighted by Gasteiger charge is -2.26. The zero-order valence-corrected chi connectivity index (χ0v) is 56.0. The van der Waals surface area contributed by atoms with E-state index in [4.69, 9.17) is 0 Å². The molecule has 0 unspecified atom stereocenters. The van der Waals surface area contributed by atoms with Crippen LogP contribution in [0, 0.1) is 0 Å². The third kappa shape index (κ3) is 13.7. The molecule has 0 spiro atoms. The molecule has 100 heavy (non-hydrogen) atoms. The molecule has 0 aliphatic heterocycles. The van der Waals surface area contributed by atoms with E-state index in [1.165, 1.54) is 131 Å². The molecule has 0 aliphatic rings. The molecule has 0 aromatic heterocycles. The van der Waals surface area contributed by atoms with E-state index in [-0.39, 0.29) is 7.43 Å². The second-order valence-corrected chi connectivity index (χ2v) is 25.9. The zero-order valence-electron chi connectivity index (χ0n) is 54.4. The van der Waals surface area contributed by atoms with Crippen LogP contribution in [0.2, 0.25) is 0 Å². The van der Waals surface area contributed by atoms with Crippen LogP contribution in [-0.2, 0) is 0 Å². The van der Waals surface area contributed by atoms with Gasteiger partial charge >= 0.3 is 0 Å². The summed E-state index contributed by atoms with van der Waals surface area (Å²) in [5, 5.41) is 18.7. The average molecular weight is 1340 g/mol. The fourth-order valence-corrected chi connectivity index (χ4v) is 14.1. The molecule has 0 atom stereocenters. The van der Waals surface area contributed by atoms with Gasteiger partial charge in [-0.05, 0) is 216 Å². The number of halogens is 1. The maximum absolute atomic E-state index is 3.58. The summed E-state index contributed by atoms with van der Waals surface area (Å²) in [6.45, 7) is 0. The monoisotopic (exact) mass is 1340 g/mol. The summed E-state index contributed by atoms with van der Waals surface area (Å²) in [7, 11) is 0. The first-order valence-electron chi connectivity index (χ1n) is 33.7. The van der Waals surface area contributed by atoms with Crippen molar-refractivity contribution >= 4 is 109 Å². The van der Waals surface area contributed by atoms with Gasteiger partial charge in [0.2, 0.25) is 0 Å². The highest BCUT2D eigenvalue weighted by Crippen LogP contribution is 2.42. The van der Waals surface area contributed by atoms with E-state index in [0.29, 0.717) is 0 Å². The summed E-state index contributed by atoms with van der Waals surface area (Å²) in [4.78, 5) is 2.38. The van der Waals surface area contributed by atoms with Gasteiger partial charge in [0.1, 0.15) is 0 Å². The van der Waals surface area contributed by atoms with E-state index in [2.05, 4.69) is 420 Å². The van der Waals surface area contributed by atoms with Crippen molar-refractivity contribution in [3.05, 3.63) is 405 Å². The summed E-state index contributed by atoms with van der Waals surface area (Å²) in [5.41, 5.74) is 20.3. The fourth-order valence-electron chi connectivity index (χ4n) is 13.7. The van der Waals surface area contributed by atoms with Crippen LogP contribution >= 0.6 is 15.9 Å². The molecule has 2 nitrogen and oxygen atoms in total. The van der Waals surface area contributed by atoms with Crippen LogP contribution in [-0.4, -0.2) is 0 Å². The van der Waals surface area contributed by atoms with Crippen molar-refractivity contribution < 1.29 is 0 Å². The quantitative estimate of drug-likeness (QED) is 0.130. The SMILES string of the molecule is Brc1ccc2ccc3ccc(-c4ccccc4)cc3c2c1.C.c1ccc(-c2ccc(N(c3ccc(-c4cccc5ccccc45)cc3)c3ccc4ccc5ccc(-c6ccccc6)cc5c4c3)cc2)cc1.c1ccc(-c2ccc(Nc3ccc(-c4cccc5ccccc45)cc3)cc2)cc1. The van der Waals surface area contributed by atoms with Gasteiger partial charge in [-0.1, -0.05) is 339 Å². The van der Waals surface area contributed by atoms with Crippen LogP contribution in [0.1, 0.15) is 7.43 Å². The number of benzene rings is 18. The second-order valence-electron chi connectivity index (χ2n) is 25.0. The molecule has 0 radical (unpaired) electrons. The first-order chi connectivity index (χ1) is 49.0. The van der Waals surface area contributed by atoms with Crippen LogP contribution in [0.5, 0.6) is 0 Å². The number of fused-ring (bicyclic) bond motifs is 8. The predicted molar refractivity (Wildman–Crippen MR) is 436 cm³/mol. The highest BCUT2D eigenvalue weighted by molar-refractivity contribution is 9.10. The number of hydrogen-bond donors (Lipinski definition) is 1. The topological polar surface area (TPSA) is 15.3 Å². The second kappa shape index (κ2) is 29.1.